The highest BCUT2D eigenvalue weighted by Crippen LogP contribution is 2.16. The lowest BCUT2D eigenvalue weighted by atomic mass is 10.0. The molecular weight excluding hydrogens is 803 g/mol. The maximum atomic E-state index is 13.2. The highest BCUT2D eigenvalue weighted by molar-refractivity contribution is 5.77. The van der Waals surface area contributed by atoms with E-state index in [2.05, 4.69) is 99.0 Å². The van der Waals surface area contributed by atoms with Gasteiger partial charge in [0, 0.05) is 12.8 Å². The van der Waals surface area contributed by atoms with Crippen LogP contribution in [-0.4, -0.2) is 46.9 Å². The van der Waals surface area contributed by atoms with E-state index < -0.39 is 18.2 Å². The van der Waals surface area contributed by atoms with Gasteiger partial charge in [-0.2, -0.15) is 0 Å². The van der Waals surface area contributed by atoms with E-state index in [9.17, 15) is 19.8 Å². The van der Waals surface area contributed by atoms with Crippen LogP contribution in [0.25, 0.3) is 0 Å². The fourth-order valence-electron chi connectivity index (χ4n) is 7.84. The molecular formula is C59H103NO5. The van der Waals surface area contributed by atoms with Gasteiger partial charge in [0.05, 0.1) is 25.2 Å². The van der Waals surface area contributed by atoms with Crippen LogP contribution in [0.1, 0.15) is 252 Å². The van der Waals surface area contributed by atoms with Crippen molar-refractivity contribution in [2.45, 2.75) is 270 Å². The summed E-state index contributed by atoms with van der Waals surface area (Å²) in [5, 5.41) is 23.8. The van der Waals surface area contributed by atoms with Crippen molar-refractivity contribution in [3.05, 3.63) is 85.1 Å². The summed E-state index contributed by atoms with van der Waals surface area (Å²) in [6, 6.07) is -0.740. The molecule has 1 amide bonds. The first kappa shape index (κ1) is 62.0. The predicted octanol–water partition coefficient (Wildman–Crippen LogP) is 16.7. The van der Waals surface area contributed by atoms with E-state index in [1.54, 1.807) is 0 Å². The summed E-state index contributed by atoms with van der Waals surface area (Å²) in [5.41, 5.74) is 0. The molecule has 0 aliphatic heterocycles. The van der Waals surface area contributed by atoms with Gasteiger partial charge in [-0.1, -0.05) is 241 Å². The molecule has 0 saturated heterocycles. The summed E-state index contributed by atoms with van der Waals surface area (Å²) in [6.45, 7) is 6.32. The third-order valence-corrected chi connectivity index (χ3v) is 12.0. The van der Waals surface area contributed by atoms with Crippen LogP contribution in [0.3, 0.4) is 0 Å². The number of unbranched alkanes of at least 4 members (excludes halogenated alkanes) is 23. The smallest absolute Gasteiger partial charge is 0.306 e. The van der Waals surface area contributed by atoms with Crippen molar-refractivity contribution in [3.63, 3.8) is 0 Å². The minimum absolute atomic E-state index is 0.0108. The number of rotatable bonds is 48. The Morgan fingerprint density at radius 3 is 1.34 bits per heavy atom. The molecule has 0 aromatic carbocycles. The molecule has 0 spiro atoms. The van der Waals surface area contributed by atoms with Crippen molar-refractivity contribution in [1.82, 2.24) is 5.32 Å². The van der Waals surface area contributed by atoms with Crippen LogP contribution >= 0.6 is 0 Å². The molecule has 0 aliphatic rings. The molecule has 0 rings (SSSR count). The van der Waals surface area contributed by atoms with Gasteiger partial charge in [-0.25, -0.2) is 0 Å². The molecule has 0 heterocycles. The SMILES string of the molecule is CC/C=C/C/C=C/C/C=C/CCCCCCC(=O)OC(C/C=C\C/C=C\C/C=C\C/C=C\CCCCC)CC(=O)NC(CO)C(O)CCCCCCCCCCCCCCCCCCC. The number of allylic oxidation sites excluding steroid dienone is 13. The van der Waals surface area contributed by atoms with Crippen molar-refractivity contribution in [3.8, 4) is 0 Å². The third-order valence-electron chi connectivity index (χ3n) is 12.0. The average Bonchev–Trinajstić information content (AvgIpc) is 3.30. The second kappa shape index (κ2) is 52.0. The van der Waals surface area contributed by atoms with Crippen LogP contribution in [0, 0.1) is 0 Å². The quantitative estimate of drug-likeness (QED) is 0.0321. The first-order valence-corrected chi connectivity index (χ1v) is 27.3. The van der Waals surface area contributed by atoms with Gasteiger partial charge in [-0.05, 0) is 77.0 Å². The Morgan fingerprint density at radius 2 is 0.862 bits per heavy atom. The number of ether oxygens (including phenoxy) is 1. The van der Waals surface area contributed by atoms with Crippen molar-refractivity contribution < 1.29 is 24.5 Å². The van der Waals surface area contributed by atoms with E-state index in [-0.39, 0.29) is 24.9 Å². The van der Waals surface area contributed by atoms with Gasteiger partial charge < -0.3 is 20.3 Å². The lowest BCUT2D eigenvalue weighted by Gasteiger charge is -2.24. The van der Waals surface area contributed by atoms with Crippen LogP contribution in [0.15, 0.2) is 85.1 Å². The fourth-order valence-corrected chi connectivity index (χ4v) is 7.84. The molecule has 6 heteroatoms. The predicted molar refractivity (Wildman–Crippen MR) is 282 cm³/mol. The van der Waals surface area contributed by atoms with Crippen LogP contribution < -0.4 is 5.32 Å². The van der Waals surface area contributed by atoms with Gasteiger partial charge in [0.15, 0.2) is 0 Å². The highest BCUT2D eigenvalue weighted by atomic mass is 16.5. The first-order chi connectivity index (χ1) is 32.0. The zero-order valence-electron chi connectivity index (χ0n) is 42.6. The Kier molecular flexibility index (Phi) is 49.6. The number of hydrogen-bond acceptors (Lipinski definition) is 5. The minimum Gasteiger partial charge on any atom is -0.461 e. The van der Waals surface area contributed by atoms with Crippen molar-refractivity contribution in [2.75, 3.05) is 6.61 Å². The van der Waals surface area contributed by atoms with Crippen LogP contribution in [0.4, 0.5) is 0 Å². The van der Waals surface area contributed by atoms with Crippen LogP contribution in [0.5, 0.6) is 0 Å². The minimum atomic E-state index is -0.819. The lowest BCUT2D eigenvalue weighted by Crippen LogP contribution is -2.46. The number of aliphatic hydroxyl groups excluding tert-OH is 2. The first-order valence-electron chi connectivity index (χ1n) is 27.3. The molecule has 0 saturated carbocycles. The zero-order valence-corrected chi connectivity index (χ0v) is 42.6. The van der Waals surface area contributed by atoms with Gasteiger partial charge in [0.25, 0.3) is 0 Å². The largest absolute Gasteiger partial charge is 0.461 e. The number of carbonyl (C=O) groups is 2. The summed E-state index contributed by atoms with van der Waals surface area (Å²) in [5.74, 6) is -0.604. The molecule has 374 valence electrons. The summed E-state index contributed by atoms with van der Waals surface area (Å²) in [4.78, 5) is 26.2. The molecule has 0 fully saturated rings. The Bertz CT molecular complexity index is 1250. The van der Waals surface area contributed by atoms with Gasteiger partial charge in [0.2, 0.25) is 5.91 Å². The second-order valence-corrected chi connectivity index (χ2v) is 18.3. The average molecular weight is 906 g/mol. The van der Waals surface area contributed by atoms with Crippen molar-refractivity contribution in [1.29, 1.82) is 0 Å². The van der Waals surface area contributed by atoms with Gasteiger partial charge in [-0.15, -0.1) is 0 Å². The monoisotopic (exact) mass is 906 g/mol. The summed E-state index contributed by atoms with van der Waals surface area (Å²) in [7, 11) is 0. The van der Waals surface area contributed by atoms with E-state index in [0.29, 0.717) is 19.3 Å². The Labute approximate surface area is 402 Å². The number of hydrogen-bond donors (Lipinski definition) is 3. The standard InChI is InChI=1S/C59H103NO5/c1-4-7-10-13-16-19-22-25-28-29-31-33-36-39-42-45-48-51-57(62)56(54-61)60-58(63)53-55(50-47-44-41-38-35-32-30-26-23-20-17-14-11-8-5-2)65-59(64)52-49-46-43-40-37-34-27-24-21-18-15-12-9-6-3/h9,12,17-18,20-21,26-27,30,34-35,38,44,47,55-57,61-62H,4-8,10-11,13-16,19,22-25,28-29,31-33,36-37,39-43,45-46,48-54H2,1-3H3,(H,60,63)/b12-9+,20-17-,21-18+,30-26-,34-27+,38-35-,47-44-. The van der Waals surface area contributed by atoms with E-state index in [1.165, 1.54) is 116 Å². The van der Waals surface area contributed by atoms with Crippen molar-refractivity contribution >= 4 is 11.9 Å². The maximum Gasteiger partial charge on any atom is 0.306 e. The lowest BCUT2D eigenvalue weighted by molar-refractivity contribution is -0.150. The van der Waals surface area contributed by atoms with E-state index in [0.717, 1.165) is 89.9 Å². The highest BCUT2D eigenvalue weighted by Gasteiger charge is 2.23. The summed E-state index contributed by atoms with van der Waals surface area (Å²) >= 11 is 0. The van der Waals surface area contributed by atoms with Crippen LogP contribution in [-0.2, 0) is 14.3 Å². The number of aliphatic hydroxyl groups is 2. The number of carbonyl (C=O) groups excluding carboxylic acids is 2. The molecule has 0 aliphatic carbocycles. The molecule has 6 nitrogen and oxygen atoms in total. The maximum absolute atomic E-state index is 13.2. The molecule has 3 unspecified atom stereocenters. The van der Waals surface area contributed by atoms with Gasteiger partial charge >= 0.3 is 5.97 Å². The Hall–Kier alpha value is -2.96. The summed E-state index contributed by atoms with van der Waals surface area (Å²) < 4.78 is 5.87. The van der Waals surface area contributed by atoms with Crippen molar-refractivity contribution in [2.24, 2.45) is 0 Å². The fraction of sp³-hybridized carbons (Fsp3) is 0.729. The Balaban J connectivity index is 4.69. The summed E-state index contributed by atoms with van der Waals surface area (Å²) in [6.07, 6.45) is 68.0. The Morgan fingerprint density at radius 1 is 0.477 bits per heavy atom. The second-order valence-electron chi connectivity index (χ2n) is 18.3. The van der Waals surface area contributed by atoms with Crippen LogP contribution in [0.2, 0.25) is 0 Å². The molecule has 0 aromatic heterocycles. The van der Waals surface area contributed by atoms with Gasteiger partial charge in [-0.3, -0.25) is 9.59 Å². The molecule has 0 aromatic rings. The zero-order chi connectivity index (χ0) is 47.4. The molecule has 65 heavy (non-hydrogen) atoms. The van der Waals surface area contributed by atoms with E-state index in [1.807, 2.05) is 12.2 Å². The normalized spacial score (nSPS) is 13.9. The molecule has 0 radical (unpaired) electrons. The third kappa shape index (κ3) is 47.3. The number of esters is 1. The number of nitrogens with one attached hydrogen (secondary N) is 1. The van der Waals surface area contributed by atoms with E-state index >= 15 is 0 Å². The molecule has 3 atom stereocenters. The molecule has 0 bridgehead atoms. The number of amides is 1. The topological polar surface area (TPSA) is 95.9 Å². The van der Waals surface area contributed by atoms with Gasteiger partial charge in [0.1, 0.15) is 6.10 Å². The molecule has 3 N–H and O–H groups in total. The van der Waals surface area contributed by atoms with E-state index in [4.69, 9.17) is 4.74 Å².